The van der Waals surface area contributed by atoms with Gasteiger partial charge in [-0.25, -0.2) is 4.98 Å². The number of nitrogens with zero attached hydrogens (tertiary/aromatic N) is 2. The van der Waals surface area contributed by atoms with Gasteiger partial charge in [0.25, 0.3) is 0 Å². The van der Waals surface area contributed by atoms with Crippen molar-refractivity contribution < 1.29 is 9.59 Å². The quantitative estimate of drug-likeness (QED) is 0.696. The minimum absolute atomic E-state index is 0.129. The molecule has 6 nitrogen and oxygen atoms in total. The predicted octanol–water partition coefficient (Wildman–Crippen LogP) is 3.55. The molecule has 0 unspecified atom stereocenters. The molecule has 0 fully saturated rings. The zero-order chi connectivity index (χ0) is 19.5. The molecule has 1 aliphatic rings. The van der Waals surface area contributed by atoms with Gasteiger partial charge in [0.1, 0.15) is 0 Å². The largest absolute Gasteiger partial charge is 0.350 e. The summed E-state index contributed by atoms with van der Waals surface area (Å²) in [5.41, 5.74) is 2.82. The number of benzene rings is 2. The molecular formula is C21H20N4O2S. The molecule has 4 rings (SSSR count). The Morgan fingerprint density at radius 2 is 2.04 bits per heavy atom. The van der Waals surface area contributed by atoms with Crippen molar-refractivity contribution in [2.24, 2.45) is 0 Å². The molecule has 0 bridgehead atoms. The number of rotatable bonds is 5. The maximum absolute atomic E-state index is 12.5. The third-order valence-electron chi connectivity index (χ3n) is 4.65. The van der Waals surface area contributed by atoms with Gasteiger partial charge in [0.2, 0.25) is 11.8 Å². The summed E-state index contributed by atoms with van der Waals surface area (Å²) in [5.74, 6) is -0.269. The Labute approximate surface area is 167 Å². The van der Waals surface area contributed by atoms with E-state index in [1.165, 1.54) is 11.8 Å². The highest BCUT2D eigenvalue weighted by Gasteiger charge is 2.29. The van der Waals surface area contributed by atoms with E-state index >= 15 is 0 Å². The number of imidazole rings is 1. The minimum atomic E-state index is -0.425. The number of nitrogens with one attached hydrogen (secondary N) is 2. The molecular weight excluding hydrogens is 372 g/mol. The fourth-order valence-electron chi connectivity index (χ4n) is 3.13. The second kappa shape index (κ2) is 7.90. The molecule has 1 aromatic heterocycles. The molecule has 2 N–H and O–H groups in total. The van der Waals surface area contributed by atoms with Crippen LogP contribution in [0.3, 0.4) is 0 Å². The van der Waals surface area contributed by atoms with Gasteiger partial charge < -0.3 is 15.2 Å². The van der Waals surface area contributed by atoms with Crippen LogP contribution < -0.4 is 10.6 Å². The van der Waals surface area contributed by atoms with Gasteiger partial charge in [0.05, 0.1) is 23.3 Å². The third kappa shape index (κ3) is 3.94. The monoisotopic (exact) mass is 392 g/mol. The third-order valence-corrected chi connectivity index (χ3v) is 5.93. The maximum Gasteiger partial charge on any atom is 0.238 e. The van der Waals surface area contributed by atoms with Crippen molar-refractivity contribution in [3.05, 3.63) is 72.8 Å². The number of thioether (sulfide) groups is 1. The summed E-state index contributed by atoms with van der Waals surface area (Å²) in [6.45, 7) is 1.94. The first-order valence-corrected chi connectivity index (χ1v) is 9.92. The van der Waals surface area contributed by atoms with Crippen molar-refractivity contribution in [1.29, 1.82) is 0 Å². The summed E-state index contributed by atoms with van der Waals surface area (Å²) in [6.07, 6.45) is 5.49. The molecule has 142 valence electrons. The number of aromatic nitrogens is 2. The number of hydrogen-bond donors (Lipinski definition) is 2. The number of carbonyl (C=O) groups is 2. The maximum atomic E-state index is 12.5. The number of anilines is 1. The average molecular weight is 392 g/mol. The van der Waals surface area contributed by atoms with Crippen LogP contribution in [0.25, 0.3) is 5.69 Å². The summed E-state index contributed by atoms with van der Waals surface area (Å²) in [5, 5.41) is 5.44. The van der Waals surface area contributed by atoms with Crippen molar-refractivity contribution in [2.75, 3.05) is 5.32 Å². The Bertz CT molecular complexity index is 986. The molecule has 0 saturated heterocycles. The van der Waals surface area contributed by atoms with Crippen LogP contribution in [0, 0.1) is 0 Å². The van der Waals surface area contributed by atoms with Gasteiger partial charge >= 0.3 is 0 Å². The lowest BCUT2D eigenvalue weighted by atomic mass is 10.1. The van der Waals surface area contributed by atoms with E-state index in [-0.39, 0.29) is 24.3 Å². The molecule has 0 saturated carbocycles. The summed E-state index contributed by atoms with van der Waals surface area (Å²) >= 11 is 1.44. The minimum Gasteiger partial charge on any atom is -0.350 e. The fraction of sp³-hybridized carbons (Fsp3) is 0.190. The van der Waals surface area contributed by atoms with E-state index in [9.17, 15) is 9.59 Å². The normalized spacial score (nSPS) is 16.8. The van der Waals surface area contributed by atoms with E-state index in [0.29, 0.717) is 0 Å². The van der Waals surface area contributed by atoms with Crippen molar-refractivity contribution in [3.8, 4) is 5.69 Å². The Morgan fingerprint density at radius 1 is 1.25 bits per heavy atom. The molecule has 28 heavy (non-hydrogen) atoms. The number of amides is 2. The van der Waals surface area contributed by atoms with Gasteiger partial charge in [0.15, 0.2) is 0 Å². The van der Waals surface area contributed by atoms with Gasteiger partial charge in [-0.2, -0.15) is 0 Å². The summed E-state index contributed by atoms with van der Waals surface area (Å²) in [7, 11) is 0. The highest BCUT2D eigenvalue weighted by Crippen LogP contribution is 2.36. The number of hydrogen-bond acceptors (Lipinski definition) is 4. The molecule has 7 heteroatoms. The van der Waals surface area contributed by atoms with E-state index in [2.05, 4.69) is 15.6 Å². The molecule has 2 atom stereocenters. The van der Waals surface area contributed by atoms with Crippen molar-refractivity contribution >= 4 is 29.3 Å². The van der Waals surface area contributed by atoms with Crippen molar-refractivity contribution in [3.63, 3.8) is 0 Å². The lowest BCUT2D eigenvalue weighted by Gasteiger charge is -2.24. The van der Waals surface area contributed by atoms with Crippen LogP contribution in [0.1, 0.15) is 24.9 Å². The summed E-state index contributed by atoms with van der Waals surface area (Å²) in [6, 6.07) is 15.4. The SMILES string of the molecule is C[C@@H](NC(=O)C[C@@H]1Sc2ccccc2NC1=O)c1ccc(-n2ccnc2)cc1. The zero-order valence-corrected chi connectivity index (χ0v) is 16.1. The van der Waals surface area contributed by atoms with Crippen LogP contribution in [0.5, 0.6) is 0 Å². The first kappa shape index (κ1) is 18.3. The molecule has 0 radical (unpaired) electrons. The molecule has 2 amide bonds. The van der Waals surface area contributed by atoms with Gasteiger partial charge in [-0.05, 0) is 36.8 Å². The molecule has 0 spiro atoms. The molecule has 1 aliphatic heterocycles. The van der Waals surface area contributed by atoms with Crippen molar-refractivity contribution in [1.82, 2.24) is 14.9 Å². The summed E-state index contributed by atoms with van der Waals surface area (Å²) in [4.78, 5) is 29.8. The standard InChI is InChI=1S/C21H20N4O2S/c1-14(15-6-8-16(9-7-15)25-11-10-22-13-25)23-20(26)12-19-21(27)24-17-4-2-3-5-18(17)28-19/h2-11,13-14,19H,12H2,1H3,(H,23,26)(H,24,27)/t14-,19+/m1/s1. The highest BCUT2D eigenvalue weighted by molar-refractivity contribution is 8.01. The molecule has 2 heterocycles. The molecule has 0 aliphatic carbocycles. The van der Waals surface area contributed by atoms with Crippen molar-refractivity contribution in [2.45, 2.75) is 29.5 Å². The van der Waals surface area contributed by atoms with Crippen LogP contribution in [0.4, 0.5) is 5.69 Å². The lowest BCUT2D eigenvalue weighted by Crippen LogP contribution is -2.35. The topological polar surface area (TPSA) is 76.0 Å². The molecule has 2 aromatic carbocycles. The zero-order valence-electron chi connectivity index (χ0n) is 15.3. The number of carbonyl (C=O) groups excluding carboxylic acids is 2. The van der Waals surface area contributed by atoms with Crippen LogP contribution in [0.15, 0.2) is 72.1 Å². The lowest BCUT2D eigenvalue weighted by molar-refractivity contribution is -0.124. The van der Waals surface area contributed by atoms with E-state index in [4.69, 9.17) is 0 Å². The van der Waals surface area contributed by atoms with Gasteiger partial charge in [-0.1, -0.05) is 24.3 Å². The number of para-hydroxylation sites is 1. The second-order valence-corrected chi connectivity index (χ2v) is 7.89. The van der Waals surface area contributed by atoms with E-state index in [1.54, 1.807) is 12.5 Å². The van der Waals surface area contributed by atoms with Crippen LogP contribution >= 0.6 is 11.8 Å². The van der Waals surface area contributed by atoms with E-state index < -0.39 is 5.25 Å². The first-order chi connectivity index (χ1) is 13.6. The smallest absolute Gasteiger partial charge is 0.238 e. The number of fused-ring (bicyclic) bond motifs is 1. The Hall–Kier alpha value is -3.06. The highest BCUT2D eigenvalue weighted by atomic mass is 32.2. The average Bonchev–Trinajstić information content (AvgIpc) is 3.23. The van der Waals surface area contributed by atoms with E-state index in [0.717, 1.165) is 21.8 Å². The fourth-order valence-corrected chi connectivity index (χ4v) is 4.24. The van der Waals surface area contributed by atoms with E-state index in [1.807, 2.05) is 66.2 Å². The predicted molar refractivity (Wildman–Crippen MR) is 109 cm³/mol. The Morgan fingerprint density at radius 3 is 2.79 bits per heavy atom. The second-order valence-electron chi connectivity index (χ2n) is 6.65. The Kier molecular flexibility index (Phi) is 5.16. The van der Waals surface area contributed by atoms with Gasteiger partial charge in [-0.15, -0.1) is 11.8 Å². The van der Waals surface area contributed by atoms with Gasteiger partial charge in [0, 0.05) is 29.4 Å². The summed E-state index contributed by atoms with van der Waals surface area (Å²) < 4.78 is 1.92. The Balaban J connectivity index is 1.36. The van der Waals surface area contributed by atoms with Crippen LogP contribution in [-0.4, -0.2) is 26.6 Å². The van der Waals surface area contributed by atoms with Gasteiger partial charge in [-0.3, -0.25) is 9.59 Å². The first-order valence-electron chi connectivity index (χ1n) is 9.04. The van der Waals surface area contributed by atoms with Crippen LogP contribution in [-0.2, 0) is 9.59 Å². The van der Waals surface area contributed by atoms with Crippen LogP contribution in [0.2, 0.25) is 0 Å². The molecule has 3 aromatic rings.